The van der Waals surface area contributed by atoms with Gasteiger partial charge in [-0.25, -0.2) is 0 Å². The van der Waals surface area contributed by atoms with Crippen molar-refractivity contribution in [2.75, 3.05) is 5.32 Å². The summed E-state index contributed by atoms with van der Waals surface area (Å²) < 4.78 is 0. The first-order valence-corrected chi connectivity index (χ1v) is 10.2. The van der Waals surface area contributed by atoms with Gasteiger partial charge in [0.05, 0.1) is 10.7 Å². The number of hydrogen-bond acceptors (Lipinski definition) is 3. The third-order valence-electron chi connectivity index (χ3n) is 3.76. The average molecular weight is 428 g/mol. The number of benzene rings is 3. The zero-order valence-electron chi connectivity index (χ0n) is 14.8. The molecule has 0 aromatic heterocycles. The number of thioether (sulfide) groups is 1. The average Bonchev–Trinajstić information content (AvgIpc) is 2.73. The SMILES string of the molecule is O=C(NNC(=S)Nc1ccccc1Cl)C(Sc1ccccc1)c1ccccc1. The first-order chi connectivity index (χ1) is 13.6. The minimum absolute atomic E-state index is 0.205. The van der Waals surface area contributed by atoms with Crippen molar-refractivity contribution >= 4 is 52.3 Å². The van der Waals surface area contributed by atoms with Crippen LogP contribution in [0.3, 0.4) is 0 Å². The van der Waals surface area contributed by atoms with E-state index in [9.17, 15) is 4.79 Å². The molecule has 3 rings (SSSR count). The zero-order valence-corrected chi connectivity index (χ0v) is 17.2. The summed E-state index contributed by atoms with van der Waals surface area (Å²) in [5.74, 6) is -0.205. The van der Waals surface area contributed by atoms with E-state index in [-0.39, 0.29) is 11.0 Å². The smallest absolute Gasteiger partial charge is 0.256 e. The van der Waals surface area contributed by atoms with Crippen LogP contribution in [0.25, 0.3) is 0 Å². The molecule has 3 aromatic carbocycles. The molecule has 0 radical (unpaired) electrons. The second-order valence-corrected chi connectivity index (χ2v) is 7.76. The Morgan fingerprint density at radius 1 is 0.857 bits per heavy atom. The Morgan fingerprint density at radius 2 is 1.46 bits per heavy atom. The third-order valence-corrected chi connectivity index (χ3v) is 5.56. The van der Waals surface area contributed by atoms with E-state index >= 15 is 0 Å². The Kier molecular flexibility index (Phi) is 7.31. The molecule has 7 heteroatoms. The number of hydrogen-bond donors (Lipinski definition) is 3. The Balaban J connectivity index is 1.66. The number of halogens is 1. The summed E-state index contributed by atoms with van der Waals surface area (Å²) in [5, 5.41) is 3.32. The first-order valence-electron chi connectivity index (χ1n) is 8.51. The Bertz CT molecular complexity index is 939. The molecule has 0 bridgehead atoms. The fourth-order valence-electron chi connectivity index (χ4n) is 2.44. The van der Waals surface area contributed by atoms with Crippen molar-refractivity contribution in [3.63, 3.8) is 0 Å². The third kappa shape index (κ3) is 5.73. The maximum atomic E-state index is 12.9. The first kappa shape index (κ1) is 20.2. The van der Waals surface area contributed by atoms with Gasteiger partial charge in [0.15, 0.2) is 5.11 Å². The van der Waals surface area contributed by atoms with Crippen LogP contribution in [-0.2, 0) is 4.79 Å². The summed E-state index contributed by atoms with van der Waals surface area (Å²) in [6.07, 6.45) is 0. The quantitative estimate of drug-likeness (QED) is 0.297. The van der Waals surface area contributed by atoms with Crippen LogP contribution < -0.4 is 16.2 Å². The Morgan fingerprint density at radius 3 is 2.14 bits per heavy atom. The van der Waals surface area contributed by atoms with Gasteiger partial charge >= 0.3 is 0 Å². The largest absolute Gasteiger partial charge is 0.330 e. The minimum atomic E-state index is -0.431. The van der Waals surface area contributed by atoms with Gasteiger partial charge in [0.2, 0.25) is 0 Å². The predicted molar refractivity (Wildman–Crippen MR) is 120 cm³/mol. The van der Waals surface area contributed by atoms with Crippen molar-refractivity contribution in [2.24, 2.45) is 0 Å². The van der Waals surface area contributed by atoms with Crippen LogP contribution in [0.2, 0.25) is 5.02 Å². The molecular formula is C21H18ClN3OS2. The van der Waals surface area contributed by atoms with Crippen molar-refractivity contribution in [3.8, 4) is 0 Å². The maximum absolute atomic E-state index is 12.9. The number of nitrogens with one attached hydrogen (secondary N) is 3. The molecule has 0 saturated carbocycles. The fourth-order valence-corrected chi connectivity index (χ4v) is 3.83. The number of para-hydroxylation sites is 1. The van der Waals surface area contributed by atoms with E-state index in [1.165, 1.54) is 11.8 Å². The van der Waals surface area contributed by atoms with Gasteiger partial charge in [-0.2, -0.15) is 0 Å². The van der Waals surface area contributed by atoms with Crippen LogP contribution >= 0.6 is 35.6 Å². The highest BCUT2D eigenvalue weighted by atomic mass is 35.5. The summed E-state index contributed by atoms with van der Waals surface area (Å²) in [6.45, 7) is 0. The molecule has 1 atom stereocenters. The summed E-state index contributed by atoms with van der Waals surface area (Å²) >= 11 is 12.8. The maximum Gasteiger partial charge on any atom is 0.256 e. The molecule has 0 aliphatic carbocycles. The van der Waals surface area contributed by atoms with Crippen molar-refractivity contribution in [3.05, 3.63) is 95.5 Å². The molecule has 1 unspecified atom stereocenters. The number of anilines is 1. The highest BCUT2D eigenvalue weighted by molar-refractivity contribution is 8.00. The molecule has 3 aromatic rings. The lowest BCUT2D eigenvalue weighted by molar-refractivity contribution is -0.121. The Hall–Kier alpha value is -2.54. The zero-order chi connectivity index (χ0) is 19.8. The number of carbonyl (C=O) groups is 1. The number of carbonyl (C=O) groups excluding carboxylic acids is 1. The number of rotatable bonds is 5. The van der Waals surface area contributed by atoms with Crippen molar-refractivity contribution < 1.29 is 4.79 Å². The van der Waals surface area contributed by atoms with Gasteiger partial charge in [0.25, 0.3) is 5.91 Å². The standard InChI is InChI=1S/C21H18ClN3OS2/c22-17-13-7-8-14-18(17)23-21(27)25-24-20(26)19(15-9-3-1-4-10-15)28-16-11-5-2-6-12-16/h1-14,19H,(H,24,26)(H2,23,25,27). The number of amides is 1. The van der Waals surface area contributed by atoms with Gasteiger partial charge < -0.3 is 5.32 Å². The van der Waals surface area contributed by atoms with E-state index in [1.807, 2.05) is 72.8 Å². The van der Waals surface area contributed by atoms with Gasteiger partial charge in [-0.15, -0.1) is 11.8 Å². The van der Waals surface area contributed by atoms with Gasteiger partial charge in [-0.3, -0.25) is 15.6 Å². The van der Waals surface area contributed by atoms with Crippen LogP contribution in [0, 0.1) is 0 Å². The number of thiocarbonyl (C=S) groups is 1. The lowest BCUT2D eigenvalue weighted by atomic mass is 10.1. The molecule has 4 nitrogen and oxygen atoms in total. The van der Waals surface area contributed by atoms with Crippen molar-refractivity contribution in [1.82, 2.24) is 10.9 Å². The molecule has 1 amide bonds. The molecule has 3 N–H and O–H groups in total. The van der Waals surface area contributed by atoms with Gasteiger partial charge in [-0.05, 0) is 42.0 Å². The normalized spacial score (nSPS) is 11.3. The van der Waals surface area contributed by atoms with Gasteiger partial charge in [0.1, 0.15) is 5.25 Å². The predicted octanol–water partition coefficient (Wildman–Crippen LogP) is 5.19. The Labute approximate surface area is 178 Å². The molecule has 0 spiro atoms. The van der Waals surface area contributed by atoms with E-state index < -0.39 is 5.25 Å². The fraction of sp³-hybridized carbons (Fsp3) is 0.0476. The molecule has 142 valence electrons. The summed E-state index contributed by atoms with van der Waals surface area (Å²) in [5.41, 5.74) is 6.99. The van der Waals surface area contributed by atoms with Crippen molar-refractivity contribution in [2.45, 2.75) is 10.1 Å². The van der Waals surface area contributed by atoms with E-state index in [0.717, 1.165) is 10.5 Å². The van der Waals surface area contributed by atoms with Crippen LogP contribution in [0.4, 0.5) is 5.69 Å². The summed E-state index contributed by atoms with van der Waals surface area (Å²) in [6, 6.07) is 26.6. The highest BCUT2D eigenvalue weighted by Gasteiger charge is 2.22. The van der Waals surface area contributed by atoms with Gasteiger partial charge in [-0.1, -0.05) is 72.3 Å². The van der Waals surface area contributed by atoms with Crippen molar-refractivity contribution in [1.29, 1.82) is 0 Å². The van der Waals surface area contributed by atoms with Gasteiger partial charge in [0, 0.05) is 4.90 Å². The topological polar surface area (TPSA) is 53.2 Å². The molecular weight excluding hydrogens is 410 g/mol. The van der Waals surface area contributed by atoms with E-state index in [1.54, 1.807) is 12.1 Å². The minimum Gasteiger partial charge on any atom is -0.330 e. The van der Waals surface area contributed by atoms with E-state index in [0.29, 0.717) is 10.7 Å². The van der Waals surface area contributed by atoms with Crippen LogP contribution in [-0.4, -0.2) is 11.0 Å². The van der Waals surface area contributed by atoms with E-state index in [2.05, 4.69) is 16.2 Å². The molecule has 0 saturated heterocycles. The van der Waals surface area contributed by atoms with E-state index in [4.69, 9.17) is 23.8 Å². The monoisotopic (exact) mass is 427 g/mol. The van der Waals surface area contributed by atoms with Crippen LogP contribution in [0.1, 0.15) is 10.8 Å². The second-order valence-electron chi connectivity index (χ2n) is 5.77. The summed E-state index contributed by atoms with van der Waals surface area (Å²) in [4.78, 5) is 13.9. The lowest BCUT2D eigenvalue weighted by Crippen LogP contribution is -2.45. The second kappa shape index (κ2) is 10.1. The lowest BCUT2D eigenvalue weighted by Gasteiger charge is -2.18. The van der Waals surface area contributed by atoms with Crippen LogP contribution in [0.5, 0.6) is 0 Å². The highest BCUT2D eigenvalue weighted by Crippen LogP contribution is 2.35. The molecule has 0 aliphatic heterocycles. The number of hydrazine groups is 1. The molecule has 0 heterocycles. The molecule has 0 fully saturated rings. The molecule has 0 aliphatic rings. The molecule has 28 heavy (non-hydrogen) atoms. The van der Waals surface area contributed by atoms with Crippen LogP contribution in [0.15, 0.2) is 89.8 Å². The summed E-state index contributed by atoms with van der Waals surface area (Å²) in [7, 11) is 0.